The summed E-state index contributed by atoms with van der Waals surface area (Å²) < 4.78 is 24.7. The number of likely N-dealkylation sites (tertiary alicyclic amines) is 1. The third kappa shape index (κ3) is 6.00. The molecule has 10 heteroatoms. The first-order chi connectivity index (χ1) is 18.5. The van der Waals surface area contributed by atoms with Gasteiger partial charge in [0.15, 0.2) is 0 Å². The van der Waals surface area contributed by atoms with Crippen LogP contribution in [0.4, 0.5) is 15.9 Å². The number of hydrogen-bond donors (Lipinski definition) is 1. The maximum Gasteiger partial charge on any atom is 0.245 e. The van der Waals surface area contributed by atoms with Crippen LogP contribution in [0.15, 0.2) is 78.0 Å². The van der Waals surface area contributed by atoms with Crippen molar-refractivity contribution in [3.8, 4) is 17.3 Å². The largest absolute Gasteiger partial charge is 0.487 e. The Balaban J connectivity index is 1.22. The van der Waals surface area contributed by atoms with Crippen LogP contribution in [0.3, 0.4) is 0 Å². The summed E-state index contributed by atoms with van der Waals surface area (Å²) >= 11 is 6.41. The van der Waals surface area contributed by atoms with E-state index in [9.17, 15) is 9.18 Å². The Labute approximate surface area is 224 Å². The van der Waals surface area contributed by atoms with E-state index in [0.29, 0.717) is 52.5 Å². The number of carbonyl (C=O) groups is 1. The Morgan fingerprint density at radius 1 is 1.21 bits per heavy atom. The van der Waals surface area contributed by atoms with Crippen molar-refractivity contribution in [2.75, 3.05) is 18.4 Å². The Hall–Kier alpha value is -4.24. The molecule has 0 spiro atoms. The fraction of sp³-hybridized carbons (Fsp3) is 0.214. The Bertz CT molecular complexity index is 1450. The molecule has 0 saturated carbocycles. The molecule has 1 aliphatic rings. The summed E-state index contributed by atoms with van der Waals surface area (Å²) in [6.07, 6.45) is 4.58. The molecule has 5 rings (SSSR count). The molecule has 1 N–H and O–H groups in total. The summed E-state index contributed by atoms with van der Waals surface area (Å²) in [4.78, 5) is 22.5. The molecule has 0 unspecified atom stereocenters. The Morgan fingerprint density at radius 3 is 2.82 bits per heavy atom. The third-order valence-electron chi connectivity index (χ3n) is 6.29. The number of rotatable bonds is 8. The molecule has 0 bridgehead atoms. The van der Waals surface area contributed by atoms with Gasteiger partial charge in [-0.25, -0.2) is 14.4 Å². The summed E-state index contributed by atoms with van der Waals surface area (Å²) in [7, 11) is 0. The van der Waals surface area contributed by atoms with Gasteiger partial charge in [0, 0.05) is 37.0 Å². The van der Waals surface area contributed by atoms with Gasteiger partial charge in [0.25, 0.3) is 0 Å². The summed E-state index contributed by atoms with van der Waals surface area (Å²) in [6, 6.07) is 15.1. The van der Waals surface area contributed by atoms with Gasteiger partial charge in [-0.1, -0.05) is 35.5 Å². The van der Waals surface area contributed by atoms with Gasteiger partial charge in [-0.05, 0) is 60.9 Å². The van der Waals surface area contributed by atoms with Crippen molar-refractivity contribution in [2.45, 2.75) is 25.4 Å². The molecule has 0 aliphatic carbocycles. The lowest BCUT2D eigenvalue weighted by atomic mass is 9.93. The number of nitrogens with one attached hydrogen (secondary N) is 1. The van der Waals surface area contributed by atoms with Gasteiger partial charge in [0.2, 0.25) is 17.5 Å². The van der Waals surface area contributed by atoms with Crippen LogP contribution in [0.1, 0.15) is 30.0 Å². The van der Waals surface area contributed by atoms with E-state index >= 15 is 0 Å². The third-order valence-corrected chi connectivity index (χ3v) is 6.59. The van der Waals surface area contributed by atoms with Gasteiger partial charge in [0.05, 0.1) is 10.7 Å². The highest BCUT2D eigenvalue weighted by Gasteiger charge is 2.25. The normalized spacial score (nSPS) is 13.8. The number of ether oxygens (including phenoxy) is 1. The lowest BCUT2D eigenvalue weighted by Crippen LogP contribution is -2.36. The molecule has 0 radical (unpaired) electrons. The maximum atomic E-state index is 13.4. The highest BCUT2D eigenvalue weighted by Crippen LogP contribution is 2.32. The molecule has 194 valence electrons. The predicted molar refractivity (Wildman–Crippen MR) is 142 cm³/mol. The first-order valence-corrected chi connectivity index (χ1v) is 12.5. The number of nitrogens with zero attached hydrogens (tertiary/aromatic N) is 4. The zero-order chi connectivity index (χ0) is 26.5. The summed E-state index contributed by atoms with van der Waals surface area (Å²) in [5.74, 6) is 1.74. The molecule has 1 aliphatic heterocycles. The zero-order valence-electron chi connectivity index (χ0n) is 20.4. The Kier molecular flexibility index (Phi) is 7.65. The molecular formula is C28H25ClFN5O3. The lowest BCUT2D eigenvalue weighted by molar-refractivity contribution is -0.127. The van der Waals surface area contributed by atoms with Crippen molar-refractivity contribution >= 4 is 29.0 Å². The molecule has 1 amide bonds. The van der Waals surface area contributed by atoms with Gasteiger partial charge in [-0.3, -0.25) is 4.79 Å². The quantitative estimate of drug-likeness (QED) is 0.272. The molecular weight excluding hydrogens is 509 g/mol. The van der Waals surface area contributed by atoms with Crippen LogP contribution in [-0.2, 0) is 11.4 Å². The second kappa shape index (κ2) is 11.4. The van der Waals surface area contributed by atoms with E-state index in [1.54, 1.807) is 41.4 Å². The fourth-order valence-electron chi connectivity index (χ4n) is 4.29. The molecule has 1 fully saturated rings. The van der Waals surface area contributed by atoms with Crippen molar-refractivity contribution in [1.29, 1.82) is 0 Å². The van der Waals surface area contributed by atoms with Crippen molar-refractivity contribution in [3.05, 3.63) is 95.5 Å². The Morgan fingerprint density at radius 2 is 2.05 bits per heavy atom. The van der Waals surface area contributed by atoms with E-state index in [1.807, 2.05) is 12.1 Å². The van der Waals surface area contributed by atoms with Gasteiger partial charge >= 0.3 is 0 Å². The van der Waals surface area contributed by atoms with E-state index in [1.165, 1.54) is 18.2 Å². The molecule has 1 saturated heterocycles. The summed E-state index contributed by atoms with van der Waals surface area (Å²) in [5, 5.41) is 7.84. The summed E-state index contributed by atoms with van der Waals surface area (Å²) in [6.45, 7) is 5.07. The van der Waals surface area contributed by atoms with Crippen molar-refractivity contribution < 1.29 is 18.4 Å². The average molecular weight is 534 g/mol. The monoisotopic (exact) mass is 533 g/mol. The maximum absolute atomic E-state index is 13.4. The highest BCUT2D eigenvalue weighted by molar-refractivity contribution is 6.32. The smallest absolute Gasteiger partial charge is 0.245 e. The number of amides is 1. The highest BCUT2D eigenvalue weighted by atomic mass is 35.5. The minimum absolute atomic E-state index is 0.0469. The van der Waals surface area contributed by atoms with Gasteiger partial charge in [0.1, 0.15) is 24.0 Å². The van der Waals surface area contributed by atoms with Gasteiger partial charge in [-0.15, -0.1) is 0 Å². The van der Waals surface area contributed by atoms with E-state index in [4.69, 9.17) is 20.9 Å². The molecule has 2 aromatic heterocycles. The number of halogens is 2. The lowest BCUT2D eigenvalue weighted by Gasteiger charge is -2.30. The minimum Gasteiger partial charge on any atom is -0.487 e. The molecule has 2 aromatic carbocycles. The van der Waals surface area contributed by atoms with E-state index < -0.39 is 0 Å². The second-order valence-corrected chi connectivity index (χ2v) is 9.28. The molecule has 38 heavy (non-hydrogen) atoms. The number of piperidine rings is 1. The number of hydrogen-bond acceptors (Lipinski definition) is 7. The van der Waals surface area contributed by atoms with Crippen LogP contribution in [0.25, 0.3) is 11.6 Å². The van der Waals surface area contributed by atoms with E-state index in [-0.39, 0.29) is 24.2 Å². The first kappa shape index (κ1) is 25.4. The molecule has 4 aromatic rings. The number of anilines is 2. The zero-order valence-corrected chi connectivity index (χ0v) is 21.2. The van der Waals surface area contributed by atoms with Crippen LogP contribution >= 0.6 is 11.6 Å². The summed E-state index contributed by atoms with van der Waals surface area (Å²) in [5.41, 5.74) is 2.24. The standard InChI is InChI=1S/C28H25ClFN5O3/c1-2-27(36)35-12-9-19(10-13-35)23-16-25(38-34-23)28-31-11-8-26(33-28)32-21-6-7-24(22(29)15-21)37-17-18-4-3-5-20(30)14-18/h2-8,11,14-16,19H,1,9-10,12-13,17H2,(H,31,32,33). The predicted octanol–water partition coefficient (Wildman–Crippen LogP) is 6.14. The SMILES string of the molecule is C=CC(=O)N1CCC(c2cc(-c3nccc(Nc4ccc(OCc5cccc(F)c5)c(Cl)c4)n3)on2)CC1. The number of carbonyl (C=O) groups excluding carboxylic acids is 1. The van der Waals surface area contributed by atoms with Crippen LogP contribution in [0, 0.1) is 5.82 Å². The van der Waals surface area contributed by atoms with E-state index in [2.05, 4.69) is 27.0 Å². The minimum atomic E-state index is -0.315. The second-order valence-electron chi connectivity index (χ2n) is 8.87. The van der Waals surface area contributed by atoms with Crippen LogP contribution < -0.4 is 10.1 Å². The van der Waals surface area contributed by atoms with Gasteiger partial charge < -0.3 is 19.5 Å². The average Bonchev–Trinajstić information content (AvgIpc) is 3.43. The number of aromatic nitrogens is 3. The van der Waals surface area contributed by atoms with Crippen molar-refractivity contribution in [1.82, 2.24) is 20.0 Å². The number of benzene rings is 2. The van der Waals surface area contributed by atoms with Crippen molar-refractivity contribution in [2.24, 2.45) is 0 Å². The van der Waals surface area contributed by atoms with E-state index in [0.717, 1.165) is 18.5 Å². The first-order valence-electron chi connectivity index (χ1n) is 12.1. The fourth-order valence-corrected chi connectivity index (χ4v) is 4.52. The topological polar surface area (TPSA) is 93.4 Å². The van der Waals surface area contributed by atoms with Gasteiger partial charge in [-0.2, -0.15) is 0 Å². The van der Waals surface area contributed by atoms with Crippen molar-refractivity contribution in [3.63, 3.8) is 0 Å². The molecule has 0 atom stereocenters. The molecule has 3 heterocycles. The molecule has 8 nitrogen and oxygen atoms in total. The van der Waals surface area contributed by atoms with Crippen LogP contribution in [0.5, 0.6) is 5.75 Å². The van der Waals surface area contributed by atoms with Crippen LogP contribution in [0.2, 0.25) is 5.02 Å². The van der Waals surface area contributed by atoms with Crippen LogP contribution in [-0.4, -0.2) is 39.0 Å².